The number of allylic oxidation sites excluding steroid dienone is 2. The molecule has 4 rings (SSSR count). The number of aryl methyl sites for hydroxylation is 1. The molecule has 0 fully saturated rings. The van der Waals surface area contributed by atoms with Crippen molar-refractivity contribution >= 4 is 41.3 Å². The normalized spacial score (nSPS) is 12.5. The Bertz CT molecular complexity index is 1190. The zero-order chi connectivity index (χ0) is 33.3. The molecule has 7 nitrogen and oxygen atoms in total. The summed E-state index contributed by atoms with van der Waals surface area (Å²) in [6.45, 7) is 21.1. The van der Waals surface area contributed by atoms with Crippen LogP contribution in [0.4, 0.5) is 17.1 Å². The van der Waals surface area contributed by atoms with Gasteiger partial charge in [-0.05, 0) is 81.8 Å². The van der Waals surface area contributed by atoms with Crippen LogP contribution in [0.25, 0.3) is 6.08 Å². The fourth-order valence-corrected chi connectivity index (χ4v) is 4.48. The summed E-state index contributed by atoms with van der Waals surface area (Å²) >= 11 is 0. The monoisotopic (exact) mass is 605 g/mol. The van der Waals surface area contributed by atoms with Crippen LogP contribution in [-0.2, 0) is 11.2 Å². The molecule has 2 aliphatic rings. The predicted octanol–water partition coefficient (Wildman–Crippen LogP) is 9.38. The van der Waals surface area contributed by atoms with Gasteiger partial charge in [-0.2, -0.15) is 0 Å². The van der Waals surface area contributed by atoms with E-state index in [2.05, 4.69) is 54.6 Å². The highest BCUT2D eigenvalue weighted by molar-refractivity contribution is 6.05. The van der Waals surface area contributed by atoms with E-state index in [0.29, 0.717) is 17.8 Å². The van der Waals surface area contributed by atoms with Gasteiger partial charge in [-0.15, -0.1) is 0 Å². The smallest absolute Gasteiger partial charge is 0.255 e. The lowest BCUT2D eigenvalue weighted by atomic mass is 10.0. The lowest BCUT2D eigenvalue weighted by Crippen LogP contribution is -2.23. The van der Waals surface area contributed by atoms with Crippen LogP contribution in [0.3, 0.4) is 0 Å². The Kier molecular flexibility index (Phi) is 22.4. The minimum atomic E-state index is -0.143. The summed E-state index contributed by atoms with van der Waals surface area (Å²) in [6, 6.07) is 11.6. The largest absolute Gasteiger partial charge is 0.387 e. The summed E-state index contributed by atoms with van der Waals surface area (Å²) in [6.07, 6.45) is 13.2. The molecule has 7 heteroatoms. The molecule has 2 heterocycles. The number of anilines is 2. The maximum Gasteiger partial charge on any atom is 0.255 e. The van der Waals surface area contributed by atoms with Crippen LogP contribution in [0.1, 0.15) is 116 Å². The van der Waals surface area contributed by atoms with Gasteiger partial charge >= 0.3 is 0 Å². The molecule has 4 N–H and O–H groups in total. The van der Waals surface area contributed by atoms with Gasteiger partial charge in [-0.25, -0.2) is 4.99 Å². The number of carbonyl (C=O) groups excluding carboxylic acids is 2. The molecule has 0 aromatic heterocycles. The zero-order valence-electron chi connectivity index (χ0n) is 28.9. The Morgan fingerprint density at radius 1 is 1.05 bits per heavy atom. The molecule has 0 spiro atoms. The third kappa shape index (κ3) is 15.0. The Hall–Kier alpha value is -3.87. The van der Waals surface area contributed by atoms with Crippen LogP contribution >= 0.6 is 0 Å². The molecule has 0 bridgehead atoms. The second kappa shape index (κ2) is 24.6. The lowest BCUT2D eigenvalue weighted by Gasteiger charge is -2.18. The van der Waals surface area contributed by atoms with E-state index in [0.717, 1.165) is 86.3 Å². The van der Waals surface area contributed by atoms with E-state index in [-0.39, 0.29) is 5.91 Å². The van der Waals surface area contributed by atoms with Gasteiger partial charge in [0.1, 0.15) is 5.84 Å². The van der Waals surface area contributed by atoms with E-state index in [1.165, 1.54) is 5.56 Å². The average Bonchev–Trinajstić information content (AvgIpc) is 3.19. The molecule has 0 saturated carbocycles. The first kappa shape index (κ1) is 40.1. The summed E-state index contributed by atoms with van der Waals surface area (Å²) in [5.41, 5.74) is 12.6. The summed E-state index contributed by atoms with van der Waals surface area (Å²) in [5.74, 6) is 0.424. The minimum absolute atomic E-state index is 0.143. The number of amides is 2. The lowest BCUT2D eigenvalue weighted by molar-refractivity contribution is -0.118. The first-order valence-electron chi connectivity index (χ1n) is 16.5. The van der Waals surface area contributed by atoms with Crippen molar-refractivity contribution in [2.75, 3.05) is 30.3 Å². The van der Waals surface area contributed by atoms with Crippen molar-refractivity contribution in [3.8, 4) is 0 Å². The van der Waals surface area contributed by atoms with E-state index < -0.39 is 0 Å². The van der Waals surface area contributed by atoms with Gasteiger partial charge in [0.15, 0.2) is 0 Å². The van der Waals surface area contributed by atoms with Crippen molar-refractivity contribution in [3.05, 3.63) is 70.8 Å². The number of aliphatic imine (C=N–C) groups is 1. The summed E-state index contributed by atoms with van der Waals surface area (Å²) in [4.78, 5) is 29.1. The van der Waals surface area contributed by atoms with Gasteiger partial charge in [0, 0.05) is 48.6 Å². The minimum Gasteiger partial charge on any atom is -0.387 e. The van der Waals surface area contributed by atoms with Crippen LogP contribution in [0.2, 0.25) is 0 Å². The highest BCUT2D eigenvalue weighted by Crippen LogP contribution is 2.29. The second-order valence-electron chi connectivity index (χ2n) is 10.0. The SMILES string of the molecule is C/C=C/CC.CC.CC.CC1=Cc2ccc(C(=O)Nc3ccc4c(c3)CCCN4)cc2N=C(N)C1.CCCN(C=O)CCC. The van der Waals surface area contributed by atoms with Crippen LogP contribution in [0, 0.1) is 0 Å². The second-order valence-corrected chi connectivity index (χ2v) is 10.0. The average molecular weight is 606 g/mol. The number of rotatable bonds is 8. The predicted molar refractivity (Wildman–Crippen MR) is 193 cm³/mol. The molecule has 2 aromatic rings. The quantitative estimate of drug-likeness (QED) is 0.206. The van der Waals surface area contributed by atoms with Crippen LogP contribution < -0.4 is 16.4 Å². The number of carbonyl (C=O) groups is 2. The number of benzene rings is 2. The van der Waals surface area contributed by atoms with E-state index >= 15 is 0 Å². The van der Waals surface area contributed by atoms with Crippen LogP contribution in [0.15, 0.2) is 59.1 Å². The Balaban J connectivity index is 0.000000856. The highest BCUT2D eigenvalue weighted by Gasteiger charge is 2.14. The summed E-state index contributed by atoms with van der Waals surface area (Å²) in [5, 5.41) is 6.37. The van der Waals surface area contributed by atoms with Gasteiger partial charge in [0.2, 0.25) is 6.41 Å². The number of nitrogens with one attached hydrogen (secondary N) is 2. The van der Waals surface area contributed by atoms with E-state index in [1.54, 1.807) is 11.0 Å². The topological polar surface area (TPSA) is 99.8 Å². The molecule has 0 radical (unpaired) electrons. The van der Waals surface area contributed by atoms with Crippen LogP contribution in [0.5, 0.6) is 0 Å². The standard InChI is InChI=1S/C21H22N4O.C7H15NO.C5H10.2C2H6/c1-13-9-15-4-5-16(12-19(15)25-20(22)10-13)21(26)24-17-6-7-18-14(11-17)3-2-8-23-18;1-3-5-8(7-9)6-4-2;1-3-5-4-2;2*1-2/h4-7,9,11-12,23H,2-3,8,10H2,1H3,(H2,22,25)(H,24,26);7H,3-6H2,1-2H3;3,5H,4H2,1-2H3;2*1-2H3/b;;5-3+;;. The number of hydrogen-bond acceptors (Lipinski definition) is 5. The maximum atomic E-state index is 12.7. The first-order chi connectivity index (χ1) is 21.3. The van der Waals surface area contributed by atoms with Crippen LogP contribution in [-0.4, -0.2) is 42.7 Å². The summed E-state index contributed by atoms with van der Waals surface area (Å²) in [7, 11) is 0. The third-order valence-electron chi connectivity index (χ3n) is 6.36. The molecule has 0 saturated heterocycles. The molecular formula is C37H59N5O2. The first-order valence-corrected chi connectivity index (χ1v) is 16.5. The Morgan fingerprint density at radius 3 is 2.30 bits per heavy atom. The molecule has 2 amide bonds. The fourth-order valence-electron chi connectivity index (χ4n) is 4.48. The number of nitrogens with zero attached hydrogens (tertiary/aromatic N) is 2. The van der Waals surface area contributed by atoms with Gasteiger partial charge in [-0.1, -0.05) is 78.3 Å². The maximum absolute atomic E-state index is 12.7. The number of fused-ring (bicyclic) bond motifs is 2. The van der Waals surface area contributed by atoms with E-state index in [9.17, 15) is 9.59 Å². The third-order valence-corrected chi connectivity index (χ3v) is 6.36. The molecule has 0 aliphatic carbocycles. The fraction of sp³-hybridized carbons (Fsp3) is 0.486. The zero-order valence-corrected chi connectivity index (χ0v) is 28.9. The van der Waals surface area contributed by atoms with Crippen molar-refractivity contribution in [2.24, 2.45) is 10.7 Å². The number of nitrogens with two attached hydrogens (primary N) is 1. The molecule has 0 unspecified atom stereocenters. The highest BCUT2D eigenvalue weighted by atomic mass is 16.1. The molecule has 2 aliphatic heterocycles. The van der Waals surface area contributed by atoms with Crippen molar-refractivity contribution in [3.63, 3.8) is 0 Å². The Morgan fingerprint density at radius 2 is 1.73 bits per heavy atom. The molecular weight excluding hydrogens is 546 g/mol. The molecule has 44 heavy (non-hydrogen) atoms. The molecule has 244 valence electrons. The molecule has 2 aromatic carbocycles. The van der Waals surface area contributed by atoms with Gasteiger partial charge < -0.3 is 21.3 Å². The van der Waals surface area contributed by atoms with Gasteiger partial charge in [-0.3, -0.25) is 9.59 Å². The van der Waals surface area contributed by atoms with Gasteiger partial charge in [0.25, 0.3) is 5.91 Å². The molecule has 0 atom stereocenters. The van der Waals surface area contributed by atoms with Crippen molar-refractivity contribution < 1.29 is 9.59 Å². The van der Waals surface area contributed by atoms with E-state index in [4.69, 9.17) is 5.73 Å². The Labute approximate surface area is 268 Å². The van der Waals surface area contributed by atoms with Crippen molar-refractivity contribution in [1.29, 1.82) is 0 Å². The summed E-state index contributed by atoms with van der Waals surface area (Å²) < 4.78 is 0. The van der Waals surface area contributed by atoms with Crippen molar-refractivity contribution in [2.45, 2.75) is 101 Å². The van der Waals surface area contributed by atoms with Crippen molar-refractivity contribution in [1.82, 2.24) is 4.90 Å². The van der Waals surface area contributed by atoms with Gasteiger partial charge in [0.05, 0.1) is 5.69 Å². The van der Waals surface area contributed by atoms with E-state index in [1.807, 2.05) is 71.9 Å². The number of amidine groups is 1. The number of hydrogen-bond donors (Lipinski definition) is 3.